The van der Waals surface area contributed by atoms with Crippen molar-refractivity contribution >= 4 is 29.0 Å². The van der Waals surface area contributed by atoms with Crippen molar-refractivity contribution in [3.8, 4) is 0 Å². The minimum Gasteiger partial charge on any atom is -0.288 e. The van der Waals surface area contributed by atoms with E-state index in [9.17, 15) is 9.18 Å². The number of hydrogen-bond donors (Lipinski definition) is 0. The van der Waals surface area contributed by atoms with E-state index in [4.69, 9.17) is 23.2 Å². The number of ketones is 1. The molecule has 0 aliphatic carbocycles. The lowest BCUT2D eigenvalue weighted by Crippen LogP contribution is -2.07. The zero-order valence-corrected chi connectivity index (χ0v) is 11.9. The predicted octanol–water partition coefficient (Wildman–Crippen LogP) is 4.98. The van der Waals surface area contributed by atoms with Crippen LogP contribution in [0.3, 0.4) is 0 Å². The van der Waals surface area contributed by atoms with E-state index in [2.05, 4.69) is 0 Å². The third-order valence-electron chi connectivity index (χ3n) is 2.93. The second-order valence-electron chi connectivity index (χ2n) is 4.37. The van der Waals surface area contributed by atoms with Crippen LogP contribution < -0.4 is 0 Å². The molecule has 0 atom stereocenters. The maximum Gasteiger partial charge on any atom is 0.196 e. The molecule has 0 fully saturated rings. The maximum atomic E-state index is 13.8. The van der Waals surface area contributed by atoms with Gasteiger partial charge in [0, 0.05) is 15.6 Å². The quantitative estimate of drug-likeness (QED) is 0.714. The van der Waals surface area contributed by atoms with Gasteiger partial charge in [0.1, 0.15) is 5.82 Å². The van der Waals surface area contributed by atoms with Crippen molar-refractivity contribution in [2.75, 3.05) is 0 Å². The summed E-state index contributed by atoms with van der Waals surface area (Å²) in [6.07, 6.45) is 0. The van der Waals surface area contributed by atoms with Crippen molar-refractivity contribution in [2.24, 2.45) is 0 Å². The van der Waals surface area contributed by atoms with Crippen molar-refractivity contribution in [1.82, 2.24) is 0 Å². The SMILES string of the molecule is Cc1cc(C(=O)c2ccc(Cl)cc2F)c(C)cc1Cl. The molecular formula is C15H11Cl2FO. The molecule has 0 aliphatic rings. The second kappa shape index (κ2) is 5.32. The number of carbonyl (C=O) groups excluding carboxylic acids is 1. The number of carbonyl (C=O) groups is 1. The fraction of sp³-hybridized carbons (Fsp3) is 0.133. The Bertz CT molecular complexity index is 665. The molecule has 0 amide bonds. The summed E-state index contributed by atoms with van der Waals surface area (Å²) in [6.45, 7) is 3.57. The van der Waals surface area contributed by atoms with Gasteiger partial charge in [-0.05, 0) is 55.3 Å². The van der Waals surface area contributed by atoms with E-state index in [1.807, 2.05) is 0 Å². The smallest absolute Gasteiger partial charge is 0.196 e. The maximum absolute atomic E-state index is 13.8. The van der Waals surface area contributed by atoms with Crippen LogP contribution in [0.2, 0.25) is 10.0 Å². The van der Waals surface area contributed by atoms with Gasteiger partial charge in [-0.15, -0.1) is 0 Å². The average Bonchev–Trinajstić information content (AvgIpc) is 2.33. The van der Waals surface area contributed by atoms with E-state index >= 15 is 0 Å². The Labute approximate surface area is 121 Å². The summed E-state index contributed by atoms with van der Waals surface area (Å²) in [4.78, 5) is 12.3. The van der Waals surface area contributed by atoms with Gasteiger partial charge in [0.25, 0.3) is 0 Å². The molecular weight excluding hydrogens is 286 g/mol. The van der Waals surface area contributed by atoms with Crippen molar-refractivity contribution in [3.63, 3.8) is 0 Å². The van der Waals surface area contributed by atoms with Gasteiger partial charge in [-0.3, -0.25) is 4.79 Å². The molecule has 0 aromatic heterocycles. The molecule has 0 spiro atoms. The molecule has 0 heterocycles. The highest BCUT2D eigenvalue weighted by Crippen LogP contribution is 2.24. The Kier molecular flexibility index (Phi) is 3.93. The third-order valence-corrected chi connectivity index (χ3v) is 3.57. The van der Waals surface area contributed by atoms with E-state index in [1.54, 1.807) is 26.0 Å². The molecule has 0 radical (unpaired) electrons. The zero-order chi connectivity index (χ0) is 14.2. The lowest BCUT2D eigenvalue weighted by molar-refractivity contribution is 0.103. The summed E-state index contributed by atoms with van der Waals surface area (Å²) in [5.41, 5.74) is 1.96. The zero-order valence-electron chi connectivity index (χ0n) is 10.4. The normalized spacial score (nSPS) is 10.6. The van der Waals surface area contributed by atoms with E-state index in [-0.39, 0.29) is 16.4 Å². The topological polar surface area (TPSA) is 17.1 Å². The molecule has 0 bridgehead atoms. The van der Waals surface area contributed by atoms with Crippen LogP contribution in [-0.4, -0.2) is 5.78 Å². The van der Waals surface area contributed by atoms with Crippen molar-refractivity contribution in [2.45, 2.75) is 13.8 Å². The molecule has 98 valence electrons. The van der Waals surface area contributed by atoms with Crippen LogP contribution in [0.1, 0.15) is 27.0 Å². The van der Waals surface area contributed by atoms with Gasteiger partial charge in [0.05, 0.1) is 5.56 Å². The molecule has 0 saturated carbocycles. The van der Waals surface area contributed by atoms with Gasteiger partial charge in [0.2, 0.25) is 0 Å². The minimum atomic E-state index is -0.621. The number of benzene rings is 2. The van der Waals surface area contributed by atoms with Crippen LogP contribution in [0.25, 0.3) is 0 Å². The first kappa shape index (κ1) is 14.0. The molecule has 2 aromatic carbocycles. The van der Waals surface area contributed by atoms with Gasteiger partial charge in [-0.25, -0.2) is 4.39 Å². The molecule has 2 aromatic rings. The summed E-state index contributed by atoms with van der Waals surface area (Å²) in [6, 6.07) is 7.40. The lowest BCUT2D eigenvalue weighted by atomic mass is 9.97. The Morgan fingerprint density at radius 2 is 1.68 bits per heavy atom. The first-order chi connectivity index (χ1) is 8.90. The van der Waals surface area contributed by atoms with Crippen LogP contribution in [0.5, 0.6) is 0 Å². The number of rotatable bonds is 2. The summed E-state index contributed by atoms with van der Waals surface area (Å²) >= 11 is 11.7. The Morgan fingerprint density at radius 3 is 2.32 bits per heavy atom. The number of halogens is 3. The summed E-state index contributed by atoms with van der Waals surface area (Å²) < 4.78 is 13.8. The third kappa shape index (κ3) is 2.80. The van der Waals surface area contributed by atoms with Crippen molar-refractivity contribution < 1.29 is 9.18 Å². The molecule has 4 heteroatoms. The molecule has 1 nitrogen and oxygen atoms in total. The Hall–Kier alpha value is -1.38. The predicted molar refractivity (Wildman–Crippen MR) is 75.8 cm³/mol. The summed E-state index contributed by atoms with van der Waals surface area (Å²) in [5.74, 6) is -0.990. The van der Waals surface area contributed by atoms with Gasteiger partial charge >= 0.3 is 0 Å². The van der Waals surface area contributed by atoms with Gasteiger partial charge in [-0.2, -0.15) is 0 Å². The molecule has 0 aliphatic heterocycles. The highest BCUT2D eigenvalue weighted by Gasteiger charge is 2.17. The largest absolute Gasteiger partial charge is 0.288 e. The molecule has 0 N–H and O–H groups in total. The fourth-order valence-electron chi connectivity index (χ4n) is 1.84. The van der Waals surface area contributed by atoms with Crippen LogP contribution in [0.15, 0.2) is 30.3 Å². The van der Waals surface area contributed by atoms with Crippen molar-refractivity contribution in [3.05, 3.63) is 68.4 Å². The van der Waals surface area contributed by atoms with Crippen molar-refractivity contribution in [1.29, 1.82) is 0 Å². The lowest BCUT2D eigenvalue weighted by Gasteiger charge is -2.09. The van der Waals surface area contributed by atoms with E-state index in [0.29, 0.717) is 10.6 Å². The molecule has 0 saturated heterocycles. The minimum absolute atomic E-state index is 0.00854. The number of hydrogen-bond acceptors (Lipinski definition) is 1. The highest BCUT2D eigenvalue weighted by molar-refractivity contribution is 6.31. The Balaban J connectivity index is 2.53. The summed E-state index contributed by atoms with van der Waals surface area (Å²) in [5, 5.41) is 0.851. The standard InChI is InChI=1S/C15H11Cl2FO/c1-8-6-13(17)9(2)5-12(8)15(19)11-4-3-10(16)7-14(11)18/h3-7H,1-2H3. The first-order valence-corrected chi connectivity index (χ1v) is 6.42. The van der Waals surface area contributed by atoms with Crippen LogP contribution >= 0.6 is 23.2 Å². The molecule has 0 unspecified atom stereocenters. The van der Waals surface area contributed by atoms with E-state index in [0.717, 1.165) is 17.2 Å². The fourth-order valence-corrected chi connectivity index (χ4v) is 2.22. The molecule has 19 heavy (non-hydrogen) atoms. The Morgan fingerprint density at radius 1 is 1.00 bits per heavy atom. The van der Waals surface area contributed by atoms with Gasteiger partial charge in [0.15, 0.2) is 5.78 Å². The molecule has 2 rings (SSSR count). The van der Waals surface area contributed by atoms with Crippen LogP contribution in [0, 0.1) is 19.7 Å². The van der Waals surface area contributed by atoms with Crippen LogP contribution in [-0.2, 0) is 0 Å². The first-order valence-electron chi connectivity index (χ1n) is 5.66. The second-order valence-corrected chi connectivity index (χ2v) is 5.21. The average molecular weight is 297 g/mol. The van der Waals surface area contributed by atoms with E-state index in [1.165, 1.54) is 12.1 Å². The summed E-state index contributed by atoms with van der Waals surface area (Å²) in [7, 11) is 0. The van der Waals surface area contributed by atoms with Crippen LogP contribution in [0.4, 0.5) is 4.39 Å². The van der Waals surface area contributed by atoms with Gasteiger partial charge < -0.3 is 0 Å². The van der Waals surface area contributed by atoms with E-state index < -0.39 is 5.82 Å². The highest BCUT2D eigenvalue weighted by atomic mass is 35.5. The monoisotopic (exact) mass is 296 g/mol. The number of aryl methyl sites for hydroxylation is 2. The van der Waals surface area contributed by atoms with Gasteiger partial charge in [-0.1, -0.05) is 23.2 Å².